The molecule has 0 spiro atoms. The van der Waals surface area contributed by atoms with Gasteiger partial charge in [0.15, 0.2) is 5.89 Å². The van der Waals surface area contributed by atoms with Gasteiger partial charge in [-0.1, -0.05) is 0 Å². The number of anilines is 1. The second-order valence-corrected chi connectivity index (χ2v) is 6.17. The van der Waals surface area contributed by atoms with Gasteiger partial charge in [-0.05, 0) is 25.2 Å². The molecular formula is C16H22N4O3. The van der Waals surface area contributed by atoms with Crippen molar-refractivity contribution in [2.45, 2.75) is 44.3 Å². The van der Waals surface area contributed by atoms with Gasteiger partial charge in [0.05, 0.1) is 23.9 Å². The molecule has 1 fully saturated rings. The molecule has 2 aliphatic rings. The van der Waals surface area contributed by atoms with Crippen LogP contribution in [0.5, 0.6) is 0 Å². The number of nitriles is 1. The van der Waals surface area contributed by atoms with Crippen molar-refractivity contribution < 1.29 is 13.9 Å². The molecular weight excluding hydrogens is 296 g/mol. The molecule has 0 amide bonds. The summed E-state index contributed by atoms with van der Waals surface area (Å²) in [6.07, 6.45) is 2.74. The van der Waals surface area contributed by atoms with Crippen LogP contribution in [0.3, 0.4) is 0 Å². The molecule has 1 aromatic heterocycles. The van der Waals surface area contributed by atoms with Crippen LogP contribution >= 0.6 is 0 Å². The van der Waals surface area contributed by atoms with Gasteiger partial charge >= 0.3 is 0 Å². The zero-order valence-corrected chi connectivity index (χ0v) is 13.6. The van der Waals surface area contributed by atoms with Crippen molar-refractivity contribution in [1.29, 1.82) is 5.26 Å². The second-order valence-electron chi connectivity index (χ2n) is 6.17. The quantitative estimate of drug-likeness (QED) is 0.878. The van der Waals surface area contributed by atoms with Crippen molar-refractivity contribution in [2.75, 3.05) is 19.5 Å². The Labute approximate surface area is 135 Å². The van der Waals surface area contributed by atoms with E-state index in [1.165, 1.54) is 0 Å². The van der Waals surface area contributed by atoms with Crippen LogP contribution in [-0.4, -0.2) is 31.4 Å². The minimum absolute atomic E-state index is 0.103. The Bertz CT molecular complexity index is 649. The van der Waals surface area contributed by atoms with Crippen LogP contribution in [0.1, 0.15) is 36.8 Å². The summed E-state index contributed by atoms with van der Waals surface area (Å²) in [7, 11) is 3.42. The van der Waals surface area contributed by atoms with E-state index in [9.17, 15) is 5.26 Å². The molecule has 3 N–H and O–H groups in total. The van der Waals surface area contributed by atoms with Gasteiger partial charge in [0.25, 0.3) is 0 Å². The minimum atomic E-state index is -0.190. The first-order valence-electron chi connectivity index (χ1n) is 7.77. The summed E-state index contributed by atoms with van der Waals surface area (Å²) in [6.45, 7) is 1.79. The first-order valence-corrected chi connectivity index (χ1v) is 7.77. The number of aryl methyl sites for hydroxylation is 1. The third kappa shape index (κ3) is 2.80. The number of fused-ring (bicyclic) bond motifs is 1. The maximum absolute atomic E-state index is 9.59. The van der Waals surface area contributed by atoms with Crippen LogP contribution in [0.15, 0.2) is 15.8 Å². The Morgan fingerprint density at radius 1 is 1.26 bits per heavy atom. The van der Waals surface area contributed by atoms with Crippen molar-refractivity contribution >= 4 is 5.88 Å². The van der Waals surface area contributed by atoms with Gasteiger partial charge in [-0.25, -0.2) is 4.98 Å². The molecule has 1 aliphatic carbocycles. The maximum Gasteiger partial charge on any atom is 0.223 e. The lowest BCUT2D eigenvalue weighted by atomic mass is 9.72. The zero-order chi connectivity index (χ0) is 16.6. The number of rotatable bonds is 3. The van der Waals surface area contributed by atoms with E-state index in [-0.39, 0.29) is 24.0 Å². The molecule has 3 atom stereocenters. The smallest absolute Gasteiger partial charge is 0.223 e. The summed E-state index contributed by atoms with van der Waals surface area (Å²) in [4.78, 5) is 4.49. The summed E-state index contributed by atoms with van der Waals surface area (Å²) in [5.74, 6) is 1.41. The first-order chi connectivity index (χ1) is 11.1. The molecule has 124 valence electrons. The van der Waals surface area contributed by atoms with E-state index in [1.807, 2.05) is 0 Å². The lowest BCUT2D eigenvalue weighted by Gasteiger charge is -2.38. The first kappa shape index (κ1) is 15.8. The van der Waals surface area contributed by atoms with Crippen LogP contribution in [0.2, 0.25) is 0 Å². The van der Waals surface area contributed by atoms with Crippen molar-refractivity contribution in [2.24, 2.45) is 11.7 Å². The van der Waals surface area contributed by atoms with Crippen LogP contribution in [0, 0.1) is 24.2 Å². The van der Waals surface area contributed by atoms with Gasteiger partial charge in [-0.15, -0.1) is 0 Å². The lowest BCUT2D eigenvalue weighted by molar-refractivity contribution is -0.0325. The van der Waals surface area contributed by atoms with E-state index < -0.39 is 0 Å². The molecule has 0 saturated heterocycles. The average molecular weight is 318 g/mol. The largest absolute Gasteiger partial charge is 0.425 e. The van der Waals surface area contributed by atoms with Crippen molar-refractivity contribution in [3.8, 4) is 6.07 Å². The molecule has 0 radical (unpaired) electrons. The summed E-state index contributed by atoms with van der Waals surface area (Å²) < 4.78 is 16.7. The highest BCUT2D eigenvalue weighted by molar-refractivity contribution is 5.57. The van der Waals surface area contributed by atoms with Gasteiger partial charge < -0.3 is 24.9 Å². The number of nitrogens with two attached hydrogens (primary N) is 1. The standard InChI is InChI=1S/C16H22N4O3/c1-8-19-14-13(12(7-17)15(18)20-16(14)23-8)9-4-10(21-2)6-11(5-9)22-3/h9-11,13,20H,4-6,18H2,1-3H3. The number of hydrogen-bond acceptors (Lipinski definition) is 7. The van der Waals surface area contributed by atoms with E-state index in [4.69, 9.17) is 19.6 Å². The van der Waals surface area contributed by atoms with E-state index in [0.29, 0.717) is 23.2 Å². The molecule has 2 heterocycles. The highest BCUT2D eigenvalue weighted by atomic mass is 16.5. The van der Waals surface area contributed by atoms with Crippen molar-refractivity contribution in [1.82, 2.24) is 4.98 Å². The Hall–Kier alpha value is -2.04. The maximum atomic E-state index is 9.59. The highest BCUT2D eigenvalue weighted by Gasteiger charge is 2.41. The minimum Gasteiger partial charge on any atom is -0.425 e. The van der Waals surface area contributed by atoms with E-state index in [0.717, 1.165) is 25.0 Å². The van der Waals surface area contributed by atoms with Crippen LogP contribution in [-0.2, 0) is 9.47 Å². The molecule has 7 nitrogen and oxygen atoms in total. The predicted octanol–water partition coefficient (Wildman–Crippen LogP) is 2.02. The molecule has 23 heavy (non-hydrogen) atoms. The van der Waals surface area contributed by atoms with Crippen LogP contribution < -0.4 is 11.1 Å². The number of aromatic nitrogens is 1. The number of allylic oxidation sites excluding steroid dienone is 1. The van der Waals surface area contributed by atoms with E-state index in [1.54, 1.807) is 21.1 Å². The van der Waals surface area contributed by atoms with Crippen molar-refractivity contribution in [3.05, 3.63) is 23.0 Å². The Balaban J connectivity index is 2.00. The highest BCUT2D eigenvalue weighted by Crippen LogP contribution is 2.46. The fourth-order valence-electron chi connectivity index (χ4n) is 3.74. The van der Waals surface area contributed by atoms with Gasteiger partial charge in [0, 0.05) is 27.1 Å². The molecule has 1 aromatic rings. The number of ether oxygens (including phenoxy) is 2. The summed E-state index contributed by atoms with van der Waals surface area (Å²) >= 11 is 0. The molecule has 0 aromatic carbocycles. The number of nitrogens with zero attached hydrogens (tertiary/aromatic N) is 2. The summed E-state index contributed by atoms with van der Waals surface area (Å²) in [6, 6.07) is 2.25. The van der Waals surface area contributed by atoms with Gasteiger partial charge in [0.2, 0.25) is 5.88 Å². The topological polar surface area (TPSA) is 106 Å². The van der Waals surface area contributed by atoms with E-state index >= 15 is 0 Å². The third-order valence-electron chi connectivity index (χ3n) is 4.82. The Morgan fingerprint density at radius 2 is 1.91 bits per heavy atom. The van der Waals surface area contributed by atoms with Gasteiger partial charge in [0.1, 0.15) is 11.5 Å². The SMILES string of the molecule is COC1CC(OC)CC(C2C(C#N)=C(N)Nc3oc(C)nc32)C1. The number of methoxy groups -OCH3 is 2. The normalized spacial score (nSPS) is 30.5. The molecule has 3 rings (SSSR count). The average Bonchev–Trinajstić information content (AvgIpc) is 2.92. The lowest BCUT2D eigenvalue weighted by Crippen LogP contribution is -2.37. The van der Waals surface area contributed by atoms with Crippen LogP contribution in [0.4, 0.5) is 5.88 Å². The second kappa shape index (κ2) is 6.22. The number of hydrogen-bond donors (Lipinski definition) is 2. The zero-order valence-electron chi connectivity index (χ0n) is 13.6. The third-order valence-corrected chi connectivity index (χ3v) is 4.82. The molecule has 3 unspecified atom stereocenters. The molecule has 0 bridgehead atoms. The Kier molecular flexibility index (Phi) is 4.28. The molecule has 1 saturated carbocycles. The monoisotopic (exact) mass is 318 g/mol. The van der Waals surface area contributed by atoms with Gasteiger partial charge in [-0.2, -0.15) is 5.26 Å². The van der Waals surface area contributed by atoms with E-state index in [2.05, 4.69) is 16.4 Å². The number of nitrogens with one attached hydrogen (secondary N) is 1. The van der Waals surface area contributed by atoms with Gasteiger partial charge in [-0.3, -0.25) is 0 Å². The van der Waals surface area contributed by atoms with Crippen molar-refractivity contribution in [3.63, 3.8) is 0 Å². The van der Waals surface area contributed by atoms with Crippen LogP contribution in [0.25, 0.3) is 0 Å². The molecule has 7 heteroatoms. The fourth-order valence-corrected chi connectivity index (χ4v) is 3.74. The number of oxazole rings is 1. The Morgan fingerprint density at radius 3 is 2.48 bits per heavy atom. The fraction of sp³-hybridized carbons (Fsp3) is 0.625. The summed E-state index contributed by atoms with van der Waals surface area (Å²) in [5, 5.41) is 12.5. The predicted molar refractivity (Wildman–Crippen MR) is 83.4 cm³/mol. The molecule has 1 aliphatic heterocycles. The summed E-state index contributed by atoms with van der Waals surface area (Å²) in [5.41, 5.74) is 7.31.